The van der Waals surface area contributed by atoms with Crippen molar-refractivity contribution in [1.29, 1.82) is 0 Å². The summed E-state index contributed by atoms with van der Waals surface area (Å²) in [4.78, 5) is 48.5. The third-order valence-corrected chi connectivity index (χ3v) is 8.61. The van der Waals surface area contributed by atoms with E-state index in [4.69, 9.17) is 8.83 Å². The van der Waals surface area contributed by atoms with Gasteiger partial charge in [0.25, 0.3) is 0 Å². The van der Waals surface area contributed by atoms with E-state index >= 15 is 0 Å². The number of fused-ring (bicyclic) bond motifs is 2. The van der Waals surface area contributed by atoms with Crippen molar-refractivity contribution >= 4 is 33.3 Å². The van der Waals surface area contributed by atoms with Crippen LogP contribution in [-0.4, -0.2) is 46.1 Å². The summed E-state index contributed by atoms with van der Waals surface area (Å²) in [5, 5.41) is 1.61. The first-order valence-electron chi connectivity index (χ1n) is 16.7. The average Bonchev–Trinajstić information content (AvgIpc) is 3.11. The van der Waals surface area contributed by atoms with Gasteiger partial charge >= 0.3 is 11.3 Å². The Morgan fingerprint density at radius 3 is 1.35 bits per heavy atom. The Bertz CT molecular complexity index is 2130. The van der Waals surface area contributed by atoms with Crippen LogP contribution in [0.4, 0.5) is 11.4 Å². The monoisotopic (exact) mass is 644 g/mol. The number of hydrogen-bond acceptors (Lipinski definition) is 10. The van der Waals surface area contributed by atoms with Crippen molar-refractivity contribution < 1.29 is 8.83 Å². The van der Waals surface area contributed by atoms with E-state index in [9.17, 15) is 9.59 Å². The van der Waals surface area contributed by atoms with Gasteiger partial charge in [0.05, 0.1) is 47.3 Å². The summed E-state index contributed by atoms with van der Waals surface area (Å²) in [6.07, 6.45) is 10.6. The predicted molar refractivity (Wildman–Crippen MR) is 192 cm³/mol. The molecule has 0 atom stereocenters. The number of aromatic nitrogens is 4. The fraction of sp³-hybridized carbons (Fsp3) is 0.316. The fourth-order valence-corrected chi connectivity index (χ4v) is 5.81. The van der Waals surface area contributed by atoms with Gasteiger partial charge in [0, 0.05) is 60.5 Å². The molecule has 10 nitrogen and oxygen atoms in total. The summed E-state index contributed by atoms with van der Waals surface area (Å²) in [5.74, 6) is 0. The smallest absolute Gasteiger partial charge is 0.345 e. The SMILES string of the molecule is CCCCN(CCCC)c1ccc2cc(-c3cnc(-c4cnc(-c5cc6ccc(N(CC)CC)cc6oc5=O)cn4)cn3)c(=O)oc2c1. The molecule has 0 bridgehead atoms. The van der Waals surface area contributed by atoms with Crippen molar-refractivity contribution in [3.8, 4) is 33.9 Å². The van der Waals surface area contributed by atoms with E-state index in [-0.39, 0.29) is 0 Å². The zero-order valence-corrected chi connectivity index (χ0v) is 27.9. The van der Waals surface area contributed by atoms with Gasteiger partial charge in [0.1, 0.15) is 22.6 Å². The molecule has 246 valence electrons. The number of rotatable bonds is 13. The van der Waals surface area contributed by atoms with Crippen molar-refractivity contribution in [2.45, 2.75) is 53.4 Å². The molecule has 10 heteroatoms. The highest BCUT2D eigenvalue weighted by atomic mass is 16.4. The van der Waals surface area contributed by atoms with Crippen LogP contribution in [0.1, 0.15) is 53.4 Å². The minimum absolute atomic E-state index is 0.323. The van der Waals surface area contributed by atoms with Gasteiger partial charge < -0.3 is 18.6 Å². The first-order valence-corrected chi connectivity index (χ1v) is 16.7. The van der Waals surface area contributed by atoms with Crippen LogP contribution in [0.2, 0.25) is 0 Å². The molecule has 0 spiro atoms. The minimum atomic E-state index is -0.485. The van der Waals surface area contributed by atoms with Gasteiger partial charge in [-0.05, 0) is 63.1 Å². The van der Waals surface area contributed by atoms with Gasteiger partial charge in [-0.25, -0.2) is 9.59 Å². The molecule has 2 aromatic carbocycles. The summed E-state index contributed by atoms with van der Waals surface area (Å²) in [5.41, 5.74) is 4.56. The molecule has 4 heterocycles. The van der Waals surface area contributed by atoms with Crippen LogP contribution in [-0.2, 0) is 0 Å². The molecule has 0 unspecified atom stereocenters. The van der Waals surface area contributed by atoms with E-state index < -0.39 is 11.3 Å². The second-order valence-electron chi connectivity index (χ2n) is 11.8. The topological polar surface area (TPSA) is 118 Å². The van der Waals surface area contributed by atoms with E-state index in [1.807, 2.05) is 30.3 Å². The third kappa shape index (κ3) is 6.83. The van der Waals surface area contributed by atoms with Gasteiger partial charge in [0.2, 0.25) is 0 Å². The predicted octanol–water partition coefficient (Wildman–Crippen LogP) is 7.73. The molecule has 0 aliphatic heterocycles. The van der Waals surface area contributed by atoms with Crippen LogP contribution in [0.3, 0.4) is 0 Å². The van der Waals surface area contributed by atoms with Crippen molar-refractivity contribution in [2.24, 2.45) is 0 Å². The van der Waals surface area contributed by atoms with Crippen molar-refractivity contribution in [2.75, 3.05) is 36.0 Å². The maximum atomic E-state index is 13.1. The van der Waals surface area contributed by atoms with E-state index in [0.717, 1.165) is 74.0 Å². The van der Waals surface area contributed by atoms with Crippen molar-refractivity contribution in [3.63, 3.8) is 0 Å². The Kier molecular flexibility index (Phi) is 9.89. The van der Waals surface area contributed by atoms with Gasteiger partial charge in [-0.2, -0.15) is 0 Å². The zero-order valence-electron chi connectivity index (χ0n) is 27.9. The van der Waals surface area contributed by atoms with Crippen LogP contribution in [0.5, 0.6) is 0 Å². The lowest BCUT2D eigenvalue weighted by Gasteiger charge is -2.24. The molecule has 0 amide bonds. The van der Waals surface area contributed by atoms with Crippen LogP contribution in [0, 0.1) is 0 Å². The lowest BCUT2D eigenvalue weighted by Crippen LogP contribution is -2.25. The highest BCUT2D eigenvalue weighted by Crippen LogP contribution is 2.27. The number of benzene rings is 2. The van der Waals surface area contributed by atoms with E-state index in [1.165, 1.54) is 12.4 Å². The molecule has 0 saturated heterocycles. The third-order valence-electron chi connectivity index (χ3n) is 8.61. The van der Waals surface area contributed by atoms with Gasteiger partial charge in [-0.1, -0.05) is 26.7 Å². The Hall–Kier alpha value is -5.38. The lowest BCUT2D eigenvalue weighted by molar-refractivity contribution is 0.562. The van der Waals surface area contributed by atoms with E-state index in [0.29, 0.717) is 45.1 Å². The second-order valence-corrected chi connectivity index (χ2v) is 11.8. The maximum absolute atomic E-state index is 13.1. The number of nitrogens with zero attached hydrogens (tertiary/aromatic N) is 6. The summed E-state index contributed by atoms with van der Waals surface area (Å²) in [7, 11) is 0. The van der Waals surface area contributed by atoms with Gasteiger partial charge in [-0.3, -0.25) is 19.9 Å². The normalized spacial score (nSPS) is 11.3. The molecule has 0 radical (unpaired) electrons. The number of anilines is 2. The Balaban J connectivity index is 1.21. The molecule has 4 aromatic heterocycles. The maximum Gasteiger partial charge on any atom is 0.345 e. The summed E-state index contributed by atoms with van der Waals surface area (Å²) in [6.45, 7) is 12.2. The largest absolute Gasteiger partial charge is 0.422 e. The Morgan fingerprint density at radius 1 is 0.542 bits per heavy atom. The van der Waals surface area contributed by atoms with Crippen LogP contribution in [0.25, 0.3) is 55.8 Å². The molecule has 0 aliphatic rings. The first kappa shape index (κ1) is 32.6. The highest BCUT2D eigenvalue weighted by Gasteiger charge is 2.15. The lowest BCUT2D eigenvalue weighted by atomic mass is 10.1. The summed E-state index contributed by atoms with van der Waals surface area (Å²) in [6, 6.07) is 15.4. The molecular weight excluding hydrogens is 604 g/mol. The average molecular weight is 645 g/mol. The molecule has 6 aromatic rings. The summed E-state index contributed by atoms with van der Waals surface area (Å²) >= 11 is 0. The molecule has 0 N–H and O–H groups in total. The Morgan fingerprint density at radius 2 is 0.958 bits per heavy atom. The standard InChI is InChI=1S/C38H40N6O4/c1-5-9-15-44(16-10-6-2)28-14-12-26-18-30(38(46)48-36(26)20-28)32-22-42-34(24-40-32)33-23-39-31(21-41-33)29-17-25-11-13-27(43(7-3)8-4)19-35(25)47-37(29)45/h11-14,17-24H,5-10,15-16H2,1-4H3. The highest BCUT2D eigenvalue weighted by molar-refractivity contribution is 5.85. The number of hydrogen-bond donors (Lipinski definition) is 0. The first-order chi connectivity index (χ1) is 23.4. The minimum Gasteiger partial charge on any atom is -0.422 e. The second kappa shape index (κ2) is 14.6. The molecular formula is C38H40N6O4. The molecule has 0 saturated carbocycles. The number of unbranched alkanes of at least 4 members (excludes halogenated alkanes) is 2. The van der Waals surface area contributed by atoms with Crippen molar-refractivity contribution in [3.05, 3.63) is 94.2 Å². The zero-order chi connectivity index (χ0) is 33.6. The van der Waals surface area contributed by atoms with Gasteiger partial charge in [0.15, 0.2) is 0 Å². The molecule has 48 heavy (non-hydrogen) atoms. The Labute approximate surface area is 279 Å². The van der Waals surface area contributed by atoms with Crippen LogP contribution >= 0.6 is 0 Å². The fourth-order valence-electron chi connectivity index (χ4n) is 5.81. The van der Waals surface area contributed by atoms with Crippen LogP contribution in [0.15, 0.2) is 91.7 Å². The summed E-state index contributed by atoms with van der Waals surface area (Å²) < 4.78 is 11.4. The quantitative estimate of drug-likeness (QED) is 0.116. The van der Waals surface area contributed by atoms with Crippen LogP contribution < -0.4 is 21.1 Å². The molecule has 6 rings (SSSR count). The van der Waals surface area contributed by atoms with Gasteiger partial charge in [-0.15, -0.1) is 0 Å². The molecule has 0 aliphatic carbocycles. The van der Waals surface area contributed by atoms with E-state index in [2.05, 4.69) is 63.5 Å². The van der Waals surface area contributed by atoms with E-state index in [1.54, 1.807) is 24.5 Å². The molecule has 0 fully saturated rings. The van der Waals surface area contributed by atoms with Crippen molar-refractivity contribution in [1.82, 2.24) is 19.9 Å².